The number of guanidine groups is 1. The lowest BCUT2D eigenvalue weighted by atomic mass is 9.96. The second kappa shape index (κ2) is 12.0. The highest BCUT2D eigenvalue weighted by Crippen LogP contribution is 2.26. The number of rotatable bonds is 9. The molecule has 7 nitrogen and oxygen atoms in total. The Morgan fingerprint density at radius 1 is 1.31 bits per heavy atom. The molecule has 1 atom stereocenters. The molecule has 2 aromatic rings. The quantitative estimate of drug-likeness (QED) is 0.268. The summed E-state index contributed by atoms with van der Waals surface area (Å²) in [6, 6.07) is 5.70. The smallest absolute Gasteiger partial charge is 0.218 e. The van der Waals surface area contributed by atoms with Gasteiger partial charge in [0.2, 0.25) is 5.88 Å². The lowest BCUT2D eigenvalue weighted by Crippen LogP contribution is -2.44. The predicted molar refractivity (Wildman–Crippen MR) is 126 cm³/mol. The van der Waals surface area contributed by atoms with Crippen LogP contribution >= 0.6 is 24.0 Å². The first-order chi connectivity index (χ1) is 13.4. The fourth-order valence-corrected chi connectivity index (χ4v) is 2.90. The molecule has 162 valence electrons. The molecule has 1 unspecified atom stereocenters. The van der Waals surface area contributed by atoms with Gasteiger partial charge in [-0.2, -0.15) is 0 Å². The fourth-order valence-electron chi connectivity index (χ4n) is 2.90. The lowest BCUT2D eigenvalue weighted by Gasteiger charge is -2.24. The fraction of sp³-hybridized carbons (Fsp3) is 0.524. The summed E-state index contributed by atoms with van der Waals surface area (Å²) in [4.78, 5) is 8.91. The highest BCUT2D eigenvalue weighted by Gasteiger charge is 2.27. The van der Waals surface area contributed by atoms with Gasteiger partial charge in [0.1, 0.15) is 17.1 Å². The van der Waals surface area contributed by atoms with Crippen molar-refractivity contribution in [3.05, 3.63) is 47.0 Å². The Labute approximate surface area is 190 Å². The van der Waals surface area contributed by atoms with E-state index in [4.69, 9.17) is 9.15 Å². The lowest BCUT2D eigenvalue weighted by molar-refractivity contribution is 0.0601. The van der Waals surface area contributed by atoms with Crippen LogP contribution in [0.4, 0.5) is 0 Å². The molecule has 0 aliphatic carbocycles. The monoisotopic (exact) mass is 516 g/mol. The van der Waals surface area contributed by atoms with Gasteiger partial charge in [0.05, 0.1) is 19.7 Å². The first kappa shape index (κ1) is 25.2. The van der Waals surface area contributed by atoms with E-state index >= 15 is 0 Å². The number of aryl methyl sites for hydroxylation is 2. The third kappa shape index (κ3) is 7.50. The molecule has 0 bridgehead atoms. The summed E-state index contributed by atoms with van der Waals surface area (Å²) in [7, 11) is 0. The molecule has 0 saturated heterocycles. The largest absolute Gasteiger partial charge is 0.477 e. The summed E-state index contributed by atoms with van der Waals surface area (Å²) >= 11 is 0. The maximum atomic E-state index is 10.9. The van der Waals surface area contributed by atoms with Crippen LogP contribution in [0.1, 0.15) is 49.8 Å². The minimum atomic E-state index is -1.08. The van der Waals surface area contributed by atoms with Crippen LogP contribution in [0, 0.1) is 13.8 Å². The molecule has 0 spiro atoms. The van der Waals surface area contributed by atoms with E-state index in [9.17, 15) is 5.11 Å². The number of halogens is 1. The number of pyridine rings is 1. The number of furan rings is 1. The van der Waals surface area contributed by atoms with Gasteiger partial charge in [-0.1, -0.05) is 13.0 Å². The summed E-state index contributed by atoms with van der Waals surface area (Å²) in [6.07, 6.45) is 2.64. The molecular formula is C21H33IN4O3. The average Bonchev–Trinajstić information content (AvgIpc) is 3.02. The minimum absolute atomic E-state index is 0. The van der Waals surface area contributed by atoms with Crippen LogP contribution in [0.2, 0.25) is 0 Å². The molecule has 0 radical (unpaired) electrons. The zero-order valence-corrected chi connectivity index (χ0v) is 20.2. The summed E-state index contributed by atoms with van der Waals surface area (Å²) in [5.74, 6) is 2.73. The van der Waals surface area contributed by atoms with E-state index in [1.807, 2.05) is 39.0 Å². The van der Waals surface area contributed by atoms with Crippen LogP contribution < -0.4 is 15.4 Å². The number of aliphatic imine (C=N–C) groups is 1. The second-order valence-corrected chi connectivity index (χ2v) is 6.97. The van der Waals surface area contributed by atoms with Crippen LogP contribution in [0.25, 0.3) is 0 Å². The molecule has 29 heavy (non-hydrogen) atoms. The maximum absolute atomic E-state index is 10.9. The van der Waals surface area contributed by atoms with Crippen molar-refractivity contribution >= 4 is 29.9 Å². The van der Waals surface area contributed by atoms with Crippen molar-refractivity contribution in [2.24, 2.45) is 4.99 Å². The molecule has 0 amide bonds. The SMILES string of the molecule is CCCOc1ncccc1CN=C(NCC)NCC(C)(O)c1cc(C)oc1C.I. The van der Waals surface area contributed by atoms with Gasteiger partial charge in [-0.05, 0) is 46.2 Å². The van der Waals surface area contributed by atoms with Gasteiger partial charge in [0.25, 0.3) is 0 Å². The highest BCUT2D eigenvalue weighted by atomic mass is 127. The van der Waals surface area contributed by atoms with Gasteiger partial charge in [-0.25, -0.2) is 9.98 Å². The van der Waals surface area contributed by atoms with E-state index < -0.39 is 5.60 Å². The van der Waals surface area contributed by atoms with Crippen molar-refractivity contribution in [2.75, 3.05) is 19.7 Å². The highest BCUT2D eigenvalue weighted by molar-refractivity contribution is 14.0. The van der Waals surface area contributed by atoms with Crippen molar-refractivity contribution in [1.29, 1.82) is 0 Å². The van der Waals surface area contributed by atoms with Gasteiger partial charge >= 0.3 is 0 Å². The van der Waals surface area contributed by atoms with Gasteiger partial charge in [0.15, 0.2) is 5.96 Å². The molecule has 0 aliphatic heterocycles. The zero-order chi connectivity index (χ0) is 20.6. The van der Waals surface area contributed by atoms with E-state index in [0.717, 1.165) is 29.1 Å². The Bertz CT molecular complexity index is 790. The normalized spacial score (nSPS) is 13.4. The van der Waals surface area contributed by atoms with Crippen molar-refractivity contribution < 1.29 is 14.3 Å². The minimum Gasteiger partial charge on any atom is -0.477 e. The Kier molecular flexibility index (Phi) is 10.5. The summed E-state index contributed by atoms with van der Waals surface area (Å²) < 4.78 is 11.2. The number of nitrogens with one attached hydrogen (secondary N) is 2. The third-order valence-electron chi connectivity index (χ3n) is 4.27. The van der Waals surface area contributed by atoms with Gasteiger partial charge in [-0.15, -0.1) is 24.0 Å². The first-order valence-corrected chi connectivity index (χ1v) is 9.76. The van der Waals surface area contributed by atoms with Crippen molar-refractivity contribution in [3.63, 3.8) is 0 Å². The van der Waals surface area contributed by atoms with Crippen LogP contribution in [-0.2, 0) is 12.1 Å². The van der Waals surface area contributed by atoms with E-state index in [2.05, 4.69) is 27.5 Å². The van der Waals surface area contributed by atoms with E-state index in [1.54, 1.807) is 13.1 Å². The van der Waals surface area contributed by atoms with Crippen LogP contribution in [0.3, 0.4) is 0 Å². The Balaban J connectivity index is 0.00000420. The number of hydrogen-bond donors (Lipinski definition) is 3. The van der Waals surface area contributed by atoms with Crippen LogP contribution in [0.15, 0.2) is 33.8 Å². The number of aromatic nitrogens is 1. The third-order valence-corrected chi connectivity index (χ3v) is 4.27. The molecular weight excluding hydrogens is 483 g/mol. The Hall–Kier alpha value is -1.81. The zero-order valence-electron chi connectivity index (χ0n) is 17.9. The van der Waals surface area contributed by atoms with Crippen LogP contribution in [0.5, 0.6) is 5.88 Å². The van der Waals surface area contributed by atoms with E-state index in [1.165, 1.54) is 0 Å². The number of nitrogens with zero attached hydrogens (tertiary/aromatic N) is 2. The summed E-state index contributed by atoms with van der Waals surface area (Å²) in [5, 5.41) is 17.3. The van der Waals surface area contributed by atoms with E-state index in [-0.39, 0.29) is 24.0 Å². The van der Waals surface area contributed by atoms with Gasteiger partial charge in [-0.3, -0.25) is 0 Å². The van der Waals surface area contributed by atoms with Crippen molar-refractivity contribution in [3.8, 4) is 5.88 Å². The Morgan fingerprint density at radius 3 is 2.69 bits per heavy atom. The first-order valence-electron chi connectivity index (χ1n) is 9.76. The molecule has 0 aliphatic rings. The number of aliphatic hydroxyl groups is 1. The molecule has 2 aromatic heterocycles. The summed E-state index contributed by atoms with van der Waals surface area (Å²) in [6.45, 7) is 11.6. The molecule has 0 aromatic carbocycles. The number of hydrogen-bond acceptors (Lipinski definition) is 5. The van der Waals surface area contributed by atoms with E-state index in [0.29, 0.717) is 38.1 Å². The maximum Gasteiger partial charge on any atom is 0.218 e. The average molecular weight is 516 g/mol. The van der Waals surface area contributed by atoms with Gasteiger partial charge in [0, 0.05) is 23.9 Å². The second-order valence-electron chi connectivity index (χ2n) is 6.97. The topological polar surface area (TPSA) is 91.9 Å². The molecule has 0 saturated carbocycles. The van der Waals surface area contributed by atoms with Crippen molar-refractivity contribution in [1.82, 2.24) is 15.6 Å². The van der Waals surface area contributed by atoms with Crippen LogP contribution in [-0.4, -0.2) is 35.7 Å². The number of ether oxygens (including phenoxy) is 1. The van der Waals surface area contributed by atoms with Gasteiger partial charge < -0.3 is 24.9 Å². The standard InChI is InChI=1S/C21H32N4O3.HI/c1-6-11-27-19-17(9-8-10-23-19)13-24-20(22-7-2)25-14-21(5,26)18-12-15(3)28-16(18)4;/h8-10,12,26H,6-7,11,13-14H2,1-5H3,(H2,22,24,25);1H. The molecule has 0 fully saturated rings. The molecule has 2 heterocycles. The molecule has 2 rings (SSSR count). The Morgan fingerprint density at radius 2 is 2.07 bits per heavy atom. The van der Waals surface area contributed by atoms with Crippen molar-refractivity contribution in [2.45, 2.75) is 53.2 Å². The summed E-state index contributed by atoms with van der Waals surface area (Å²) in [5.41, 5.74) is 0.610. The molecule has 3 N–H and O–H groups in total. The molecule has 8 heteroatoms. The predicted octanol–water partition coefficient (Wildman–Crippen LogP) is 3.66.